The Morgan fingerprint density at radius 2 is 2.00 bits per heavy atom. The van der Waals surface area contributed by atoms with Crippen LogP contribution in [0.5, 0.6) is 0 Å². The number of thiazole rings is 1. The summed E-state index contributed by atoms with van der Waals surface area (Å²) < 4.78 is 27.9. The van der Waals surface area contributed by atoms with E-state index in [0.29, 0.717) is 21.0 Å². The van der Waals surface area contributed by atoms with Crippen molar-refractivity contribution in [2.75, 3.05) is 5.32 Å². The number of hydrogen-bond donors (Lipinski definition) is 2. The third-order valence-corrected chi connectivity index (χ3v) is 5.63. The molecule has 0 aliphatic rings. The molecule has 0 fully saturated rings. The lowest BCUT2D eigenvalue weighted by molar-refractivity contribution is 0.102. The van der Waals surface area contributed by atoms with Gasteiger partial charge in [-0.15, -0.1) is 11.3 Å². The van der Waals surface area contributed by atoms with Crippen LogP contribution in [0.2, 0.25) is 0 Å². The second-order valence-electron chi connectivity index (χ2n) is 6.74. The number of aromatic nitrogens is 3. The molecule has 0 spiro atoms. The van der Waals surface area contributed by atoms with Crippen LogP contribution in [0.3, 0.4) is 0 Å². The van der Waals surface area contributed by atoms with Crippen molar-refractivity contribution in [3.63, 3.8) is 0 Å². The number of carbonyl (C=O) groups excluding carboxylic acids is 1. The Morgan fingerprint density at radius 1 is 1.19 bits per heavy atom. The summed E-state index contributed by atoms with van der Waals surface area (Å²) in [6.07, 6.45) is 1.72. The van der Waals surface area contributed by atoms with Crippen LogP contribution in [-0.2, 0) is 13.0 Å². The van der Waals surface area contributed by atoms with Gasteiger partial charge in [0.25, 0.3) is 11.5 Å². The normalized spacial score (nSPS) is 11.1. The van der Waals surface area contributed by atoms with E-state index in [1.54, 1.807) is 6.92 Å². The fraction of sp³-hybridized carbons (Fsp3) is 0.143. The molecule has 0 saturated heterocycles. The number of hydrogen-bond acceptors (Lipinski definition) is 5. The molecule has 0 bridgehead atoms. The minimum atomic E-state index is -0.649. The Balaban J connectivity index is 1.54. The smallest absolute Gasteiger partial charge is 0.307 e. The average molecular weight is 442 g/mol. The highest BCUT2D eigenvalue weighted by Crippen LogP contribution is 2.23. The first kappa shape index (κ1) is 20.6. The maximum atomic E-state index is 13.8. The number of rotatable bonds is 5. The van der Waals surface area contributed by atoms with E-state index in [1.807, 2.05) is 0 Å². The minimum Gasteiger partial charge on any atom is -0.307 e. The second kappa shape index (κ2) is 8.23. The third-order valence-electron chi connectivity index (χ3n) is 4.71. The maximum absolute atomic E-state index is 13.8. The van der Waals surface area contributed by atoms with Crippen LogP contribution in [0.15, 0.2) is 52.2 Å². The van der Waals surface area contributed by atoms with Gasteiger partial charge in [-0.25, -0.2) is 18.6 Å². The first-order valence-corrected chi connectivity index (χ1v) is 10.1. The highest BCUT2D eigenvalue weighted by atomic mass is 32.1. The predicted octanol–water partition coefficient (Wildman–Crippen LogP) is 3.29. The molecule has 2 heterocycles. The van der Waals surface area contributed by atoms with Gasteiger partial charge in [0.05, 0.1) is 10.9 Å². The molecule has 2 N–H and O–H groups in total. The summed E-state index contributed by atoms with van der Waals surface area (Å²) >= 11 is 1.16. The lowest BCUT2D eigenvalue weighted by Crippen LogP contribution is -2.34. The van der Waals surface area contributed by atoms with Gasteiger partial charge < -0.3 is 4.98 Å². The van der Waals surface area contributed by atoms with Crippen molar-refractivity contribution < 1.29 is 13.6 Å². The molecule has 158 valence electrons. The minimum absolute atomic E-state index is 0.209. The van der Waals surface area contributed by atoms with E-state index in [-0.39, 0.29) is 24.0 Å². The van der Waals surface area contributed by atoms with E-state index in [2.05, 4.69) is 15.3 Å². The van der Waals surface area contributed by atoms with Gasteiger partial charge in [-0.05, 0) is 36.8 Å². The fourth-order valence-corrected chi connectivity index (χ4v) is 3.98. The molecule has 0 radical (unpaired) electrons. The van der Waals surface area contributed by atoms with Crippen molar-refractivity contribution in [1.29, 1.82) is 0 Å². The van der Waals surface area contributed by atoms with Gasteiger partial charge in [-0.2, -0.15) is 0 Å². The molecule has 31 heavy (non-hydrogen) atoms. The predicted molar refractivity (Wildman–Crippen MR) is 114 cm³/mol. The Morgan fingerprint density at radius 3 is 2.74 bits per heavy atom. The maximum Gasteiger partial charge on any atom is 0.328 e. The number of anilines is 1. The highest BCUT2D eigenvalue weighted by Gasteiger charge is 2.13. The van der Waals surface area contributed by atoms with Gasteiger partial charge in [-0.3, -0.25) is 19.5 Å². The van der Waals surface area contributed by atoms with Gasteiger partial charge in [0.2, 0.25) is 0 Å². The summed E-state index contributed by atoms with van der Waals surface area (Å²) in [5, 5.41) is 3.25. The summed E-state index contributed by atoms with van der Waals surface area (Å²) in [4.78, 5) is 44.3. The van der Waals surface area contributed by atoms with E-state index < -0.39 is 28.8 Å². The summed E-state index contributed by atoms with van der Waals surface area (Å²) in [6, 6.07) is 7.76. The van der Waals surface area contributed by atoms with Gasteiger partial charge in [0.15, 0.2) is 5.13 Å². The Kier molecular flexibility index (Phi) is 5.47. The van der Waals surface area contributed by atoms with Crippen molar-refractivity contribution in [3.05, 3.63) is 91.1 Å². The lowest BCUT2D eigenvalue weighted by Gasteiger charge is -2.06. The number of aromatic amines is 1. The summed E-state index contributed by atoms with van der Waals surface area (Å²) in [5.41, 5.74) is -0.155. The molecule has 0 atom stereocenters. The molecule has 7 nitrogen and oxygen atoms in total. The van der Waals surface area contributed by atoms with Gasteiger partial charge >= 0.3 is 5.69 Å². The third kappa shape index (κ3) is 4.15. The number of carbonyl (C=O) groups is 1. The van der Waals surface area contributed by atoms with Crippen molar-refractivity contribution in [1.82, 2.24) is 14.5 Å². The molecule has 0 unspecified atom stereocenters. The Hall–Kier alpha value is -3.66. The number of fused-ring (bicyclic) bond motifs is 1. The van der Waals surface area contributed by atoms with Crippen molar-refractivity contribution in [3.8, 4) is 0 Å². The van der Waals surface area contributed by atoms with Crippen molar-refractivity contribution >= 4 is 33.3 Å². The molecule has 4 aromatic rings. The van der Waals surface area contributed by atoms with Crippen LogP contribution >= 0.6 is 11.3 Å². The largest absolute Gasteiger partial charge is 0.328 e. The SMILES string of the molecule is CCn1c(=O)[nH]c2cc(C(=O)Nc3ncc(Cc4ccc(F)cc4F)s3)ccc2c1=O. The van der Waals surface area contributed by atoms with E-state index in [9.17, 15) is 23.2 Å². The fourth-order valence-electron chi connectivity index (χ4n) is 3.15. The number of halogens is 2. The van der Waals surface area contributed by atoms with Crippen LogP contribution in [0.4, 0.5) is 13.9 Å². The van der Waals surface area contributed by atoms with Crippen LogP contribution in [0.25, 0.3) is 10.9 Å². The Labute approximate surface area is 178 Å². The molecule has 4 rings (SSSR count). The van der Waals surface area contributed by atoms with E-state index >= 15 is 0 Å². The molecular weight excluding hydrogens is 426 g/mol. The van der Waals surface area contributed by atoms with Crippen LogP contribution < -0.4 is 16.6 Å². The van der Waals surface area contributed by atoms with Gasteiger partial charge in [-0.1, -0.05) is 6.07 Å². The summed E-state index contributed by atoms with van der Waals surface area (Å²) in [6.45, 7) is 1.93. The van der Waals surface area contributed by atoms with Gasteiger partial charge in [0.1, 0.15) is 11.6 Å². The monoisotopic (exact) mass is 442 g/mol. The van der Waals surface area contributed by atoms with Crippen LogP contribution in [-0.4, -0.2) is 20.4 Å². The highest BCUT2D eigenvalue weighted by molar-refractivity contribution is 7.15. The van der Waals surface area contributed by atoms with E-state index in [4.69, 9.17) is 0 Å². The first-order chi connectivity index (χ1) is 14.9. The molecule has 0 saturated carbocycles. The van der Waals surface area contributed by atoms with E-state index in [0.717, 1.165) is 22.0 Å². The van der Waals surface area contributed by atoms with Gasteiger partial charge in [0, 0.05) is 35.7 Å². The molecule has 0 aliphatic carbocycles. The zero-order valence-corrected chi connectivity index (χ0v) is 17.1. The number of nitrogens with one attached hydrogen (secondary N) is 2. The molecule has 10 heteroatoms. The molecule has 2 aromatic heterocycles. The standard InChI is InChI=1S/C21H16F2N4O3S/c1-2-27-19(29)15-6-4-12(8-17(15)25-21(27)30)18(28)26-20-24-10-14(31-20)7-11-3-5-13(22)9-16(11)23/h3-6,8-10H,2,7H2,1H3,(H,25,30)(H,24,26,28). The van der Waals surface area contributed by atoms with Crippen molar-refractivity contribution in [2.45, 2.75) is 19.9 Å². The lowest BCUT2D eigenvalue weighted by atomic mass is 10.1. The first-order valence-electron chi connectivity index (χ1n) is 9.32. The average Bonchev–Trinajstić information content (AvgIpc) is 3.16. The molecule has 2 aromatic carbocycles. The second-order valence-corrected chi connectivity index (χ2v) is 7.85. The summed E-state index contributed by atoms with van der Waals surface area (Å²) in [5.74, 6) is -1.77. The van der Waals surface area contributed by atoms with Crippen LogP contribution in [0.1, 0.15) is 27.7 Å². The number of nitrogens with zero attached hydrogens (tertiary/aromatic N) is 2. The zero-order chi connectivity index (χ0) is 22.1. The molecule has 0 aliphatic heterocycles. The zero-order valence-electron chi connectivity index (χ0n) is 16.2. The Bertz CT molecular complexity index is 1420. The number of benzene rings is 2. The quantitative estimate of drug-likeness (QED) is 0.496. The molecule has 1 amide bonds. The van der Waals surface area contributed by atoms with E-state index in [1.165, 1.54) is 36.5 Å². The number of H-pyrrole nitrogens is 1. The summed E-state index contributed by atoms with van der Waals surface area (Å²) in [7, 11) is 0. The van der Waals surface area contributed by atoms with Crippen LogP contribution in [0, 0.1) is 11.6 Å². The van der Waals surface area contributed by atoms with Crippen molar-refractivity contribution in [2.24, 2.45) is 0 Å². The topological polar surface area (TPSA) is 96.8 Å². The molecular formula is C21H16F2N4O3S. The number of amides is 1.